The molecule has 0 saturated carbocycles. The van der Waals surface area contributed by atoms with E-state index in [1.165, 1.54) is 14.2 Å². The zero-order valence-electron chi connectivity index (χ0n) is 6.89. The molecule has 72 valence electrons. The van der Waals surface area contributed by atoms with Crippen LogP contribution in [0.4, 0.5) is 0 Å². The van der Waals surface area contributed by atoms with Gasteiger partial charge in [0.1, 0.15) is 0 Å². The van der Waals surface area contributed by atoms with E-state index >= 15 is 0 Å². The number of hydrogen-bond donors (Lipinski definition) is 2. The van der Waals surface area contributed by atoms with Crippen LogP contribution in [0.5, 0.6) is 0 Å². The van der Waals surface area contributed by atoms with E-state index in [1.807, 2.05) is 0 Å². The SMILES string of the molecule is C=C[O][Ti]([OH])([OH])[O]C(OC)OC. The van der Waals surface area contributed by atoms with Gasteiger partial charge in [-0.15, -0.1) is 0 Å². The molecule has 0 atom stereocenters. The minimum atomic E-state index is -4.66. The fraction of sp³-hybridized carbons (Fsp3) is 0.600. The van der Waals surface area contributed by atoms with Gasteiger partial charge >= 0.3 is 75.2 Å². The summed E-state index contributed by atoms with van der Waals surface area (Å²) >= 11 is -4.66. The van der Waals surface area contributed by atoms with Gasteiger partial charge in [0.2, 0.25) is 0 Å². The van der Waals surface area contributed by atoms with Crippen LogP contribution < -0.4 is 0 Å². The molecule has 0 bridgehead atoms. The van der Waals surface area contributed by atoms with Crippen molar-refractivity contribution in [2.24, 2.45) is 0 Å². The quantitative estimate of drug-likeness (QED) is 0.355. The predicted molar refractivity (Wildman–Crippen MR) is 34.6 cm³/mol. The van der Waals surface area contributed by atoms with Crippen molar-refractivity contribution in [1.29, 1.82) is 0 Å². The Morgan fingerprint density at radius 1 is 1.33 bits per heavy atom. The first-order valence-corrected chi connectivity index (χ1v) is 5.69. The molecule has 0 rings (SSSR count). The molecule has 0 amide bonds. The Balaban J connectivity index is 3.92. The maximum absolute atomic E-state index is 9.01. The zero-order chi connectivity index (χ0) is 9.61. The molecule has 0 aromatic rings. The molecule has 12 heavy (non-hydrogen) atoms. The van der Waals surface area contributed by atoms with Crippen LogP contribution >= 0.6 is 0 Å². The number of ether oxygens (including phenoxy) is 2. The van der Waals surface area contributed by atoms with Crippen molar-refractivity contribution in [3.8, 4) is 0 Å². The molecule has 0 aliphatic heterocycles. The van der Waals surface area contributed by atoms with Crippen LogP contribution in [0, 0.1) is 0 Å². The molecule has 7 heteroatoms. The van der Waals surface area contributed by atoms with Crippen LogP contribution in [0.15, 0.2) is 12.8 Å². The molecular weight excluding hydrogens is 204 g/mol. The molecule has 0 aromatic heterocycles. The van der Waals surface area contributed by atoms with Crippen LogP contribution in [0.25, 0.3) is 0 Å². The van der Waals surface area contributed by atoms with Crippen LogP contribution in [0.2, 0.25) is 0 Å². The summed E-state index contributed by atoms with van der Waals surface area (Å²) in [4.78, 5) is 0. The van der Waals surface area contributed by atoms with E-state index in [2.05, 4.69) is 22.7 Å². The van der Waals surface area contributed by atoms with E-state index in [9.17, 15) is 0 Å². The van der Waals surface area contributed by atoms with Gasteiger partial charge in [-0.3, -0.25) is 0 Å². The minimum absolute atomic E-state index is 0.891. The van der Waals surface area contributed by atoms with Gasteiger partial charge in [0.15, 0.2) is 0 Å². The molecule has 6 nitrogen and oxygen atoms in total. The van der Waals surface area contributed by atoms with Gasteiger partial charge in [0.25, 0.3) is 0 Å². The standard InChI is InChI=1S/C3H7O3.C2H4O.2H2O.Ti/c1-5-3(4)6-2;1-2-3;;;/h3H,1-2H3;2-3H,1H2;2*1H2;/q-1;;;;+4/p-3. The third kappa shape index (κ3) is 4.84. The van der Waals surface area contributed by atoms with Crippen molar-refractivity contribution in [3.05, 3.63) is 12.8 Å². The van der Waals surface area contributed by atoms with Gasteiger partial charge < -0.3 is 0 Å². The Morgan fingerprint density at radius 3 is 2.17 bits per heavy atom. The number of hydrogen-bond acceptors (Lipinski definition) is 6. The summed E-state index contributed by atoms with van der Waals surface area (Å²) < 4.78 is 36.0. The first-order chi connectivity index (χ1) is 5.55. The summed E-state index contributed by atoms with van der Waals surface area (Å²) in [5.74, 6) is 0. The van der Waals surface area contributed by atoms with Crippen LogP contribution in [-0.2, 0) is 34.3 Å². The fourth-order valence-electron chi connectivity index (χ4n) is 0.454. The third-order valence-corrected chi connectivity index (χ3v) is 2.39. The number of methoxy groups -OCH3 is 2. The zero-order valence-corrected chi connectivity index (χ0v) is 8.45. The van der Waals surface area contributed by atoms with E-state index < -0.39 is 24.6 Å². The molecule has 0 aromatic carbocycles. The molecule has 2 N–H and O–H groups in total. The molecule has 0 aliphatic carbocycles. The summed E-state index contributed by atoms with van der Waals surface area (Å²) in [7, 11) is 2.58. The monoisotopic (exact) mass is 216 g/mol. The van der Waals surface area contributed by atoms with E-state index in [0.717, 1.165) is 6.26 Å². The van der Waals surface area contributed by atoms with Gasteiger partial charge in [-0.05, 0) is 0 Å². The molecule has 0 saturated heterocycles. The van der Waals surface area contributed by atoms with Crippen LogP contribution in [-0.4, -0.2) is 28.1 Å². The van der Waals surface area contributed by atoms with Gasteiger partial charge in [-0.1, -0.05) is 0 Å². The Bertz CT molecular complexity index is 134. The summed E-state index contributed by atoms with van der Waals surface area (Å²) in [6, 6.07) is 0. The average molecular weight is 216 g/mol. The Labute approximate surface area is 75.6 Å². The first-order valence-electron chi connectivity index (χ1n) is 3.02. The molecule has 0 aliphatic rings. The molecular formula is C5H12O6Ti. The summed E-state index contributed by atoms with van der Waals surface area (Å²) in [5.41, 5.74) is 0. The van der Waals surface area contributed by atoms with Gasteiger partial charge in [0, 0.05) is 0 Å². The van der Waals surface area contributed by atoms with E-state index in [1.54, 1.807) is 0 Å². The molecule has 0 heterocycles. The van der Waals surface area contributed by atoms with Crippen LogP contribution in [0.3, 0.4) is 0 Å². The Morgan fingerprint density at radius 2 is 1.83 bits per heavy atom. The second-order valence-corrected chi connectivity index (χ2v) is 4.16. The van der Waals surface area contributed by atoms with Crippen molar-refractivity contribution < 1.29 is 41.6 Å². The maximum atomic E-state index is 9.01. The first kappa shape index (κ1) is 12.1. The summed E-state index contributed by atoms with van der Waals surface area (Å²) in [5, 5.41) is 0. The van der Waals surface area contributed by atoms with Gasteiger partial charge in [-0.2, -0.15) is 0 Å². The Kier molecular flexibility index (Phi) is 5.68. The van der Waals surface area contributed by atoms with Crippen molar-refractivity contribution in [2.75, 3.05) is 14.2 Å². The predicted octanol–water partition coefficient (Wildman–Crippen LogP) is -0.462. The van der Waals surface area contributed by atoms with Gasteiger partial charge in [-0.25, -0.2) is 0 Å². The Hall–Kier alpha value is 0.0543. The summed E-state index contributed by atoms with van der Waals surface area (Å²) in [6.45, 7) is 2.01. The van der Waals surface area contributed by atoms with E-state index in [-0.39, 0.29) is 0 Å². The fourth-order valence-corrected chi connectivity index (χ4v) is 1.57. The van der Waals surface area contributed by atoms with Crippen LogP contribution in [0.1, 0.15) is 0 Å². The number of rotatable bonds is 6. The van der Waals surface area contributed by atoms with Crippen molar-refractivity contribution in [3.63, 3.8) is 0 Å². The topological polar surface area (TPSA) is 77.4 Å². The van der Waals surface area contributed by atoms with E-state index in [0.29, 0.717) is 0 Å². The normalized spacial score (nSPS) is 11.8. The second kappa shape index (κ2) is 5.66. The van der Waals surface area contributed by atoms with Crippen molar-refractivity contribution in [2.45, 2.75) is 6.48 Å². The average Bonchev–Trinajstić information content (AvgIpc) is 2.00. The van der Waals surface area contributed by atoms with Gasteiger partial charge in [0.05, 0.1) is 0 Å². The second-order valence-electron chi connectivity index (χ2n) is 1.71. The third-order valence-electron chi connectivity index (χ3n) is 0.872. The molecule has 0 fully saturated rings. The molecule has 0 radical (unpaired) electrons. The molecule has 0 unspecified atom stereocenters. The van der Waals surface area contributed by atoms with Crippen molar-refractivity contribution in [1.82, 2.24) is 0 Å². The molecule has 0 spiro atoms. The summed E-state index contributed by atoms with van der Waals surface area (Å²) in [6.07, 6.45) is 0.891. The van der Waals surface area contributed by atoms with Crippen molar-refractivity contribution >= 4 is 0 Å². The van der Waals surface area contributed by atoms with E-state index in [4.69, 9.17) is 7.38 Å².